The van der Waals surface area contributed by atoms with Crippen LogP contribution in [0.15, 0.2) is 48.5 Å². The summed E-state index contributed by atoms with van der Waals surface area (Å²) in [5, 5.41) is 21.5. The van der Waals surface area contributed by atoms with Crippen LogP contribution in [0.25, 0.3) is 0 Å². The molecule has 1 atom stereocenters. The fraction of sp³-hybridized carbons (Fsp3) is 0.407. The van der Waals surface area contributed by atoms with Crippen LogP contribution in [0.2, 0.25) is 0 Å². The van der Waals surface area contributed by atoms with Crippen LogP contribution in [0.3, 0.4) is 0 Å². The van der Waals surface area contributed by atoms with E-state index in [0.29, 0.717) is 30.6 Å². The molecule has 228 valence electrons. The summed E-state index contributed by atoms with van der Waals surface area (Å²) in [4.78, 5) is 57.5. The van der Waals surface area contributed by atoms with E-state index < -0.39 is 34.7 Å². The maximum atomic E-state index is 12.5. The third kappa shape index (κ3) is 12.5. The number of nitro groups is 1. The van der Waals surface area contributed by atoms with E-state index in [4.69, 9.17) is 19.9 Å². The normalized spacial score (nSPS) is 11.5. The summed E-state index contributed by atoms with van der Waals surface area (Å²) in [5.74, 6) is -0.139. The molecule has 4 amide bonds. The highest BCUT2D eigenvalue weighted by atomic mass is 16.7. The summed E-state index contributed by atoms with van der Waals surface area (Å²) in [7, 11) is 1.67. The van der Waals surface area contributed by atoms with Gasteiger partial charge in [-0.3, -0.25) is 14.9 Å². The molecular formula is C27H36N6O9. The van der Waals surface area contributed by atoms with Crippen molar-refractivity contribution in [2.45, 2.75) is 39.3 Å². The number of primary amides is 1. The van der Waals surface area contributed by atoms with Gasteiger partial charge in [-0.2, -0.15) is 0 Å². The number of nitrogens with one attached hydrogen (secondary N) is 4. The number of nitrogens with two attached hydrogens (primary N) is 1. The number of carbonyl (C=O) groups excluding carboxylic acids is 4. The molecule has 2 rings (SSSR count). The standard InChI is InChI=1S/C27H36N6O9/c1-27(2,17-41-26(37)42-21-12-10-20(11-13-21)33(38)39)16-31-25(36)40-15-18-6-8-19(9-7-18)32-23(34)22(29-3)5-4-14-30-24(28)35/h6-13,22,29H,4-5,14-17H2,1-3H3,(H,31,36)(H,32,34)(H3,28,30,35)/t22-/m0/s1. The summed E-state index contributed by atoms with van der Waals surface area (Å²) in [6.07, 6.45) is -0.588. The molecule has 6 N–H and O–H groups in total. The number of carbonyl (C=O) groups is 4. The highest BCUT2D eigenvalue weighted by Crippen LogP contribution is 2.19. The molecule has 0 saturated carbocycles. The average Bonchev–Trinajstić information content (AvgIpc) is 2.95. The third-order valence-electron chi connectivity index (χ3n) is 5.77. The van der Waals surface area contributed by atoms with Crippen molar-refractivity contribution in [1.82, 2.24) is 16.0 Å². The van der Waals surface area contributed by atoms with Crippen LogP contribution >= 0.6 is 0 Å². The van der Waals surface area contributed by atoms with E-state index in [9.17, 15) is 29.3 Å². The number of nitro benzene ring substituents is 1. The van der Waals surface area contributed by atoms with Crippen molar-refractivity contribution in [3.63, 3.8) is 0 Å². The zero-order valence-electron chi connectivity index (χ0n) is 23.6. The Bertz CT molecular complexity index is 1220. The van der Waals surface area contributed by atoms with Gasteiger partial charge >= 0.3 is 18.3 Å². The molecule has 2 aromatic rings. The molecule has 0 spiro atoms. The van der Waals surface area contributed by atoms with Gasteiger partial charge in [-0.1, -0.05) is 26.0 Å². The van der Waals surface area contributed by atoms with E-state index in [2.05, 4.69) is 21.3 Å². The van der Waals surface area contributed by atoms with Crippen molar-refractivity contribution in [2.24, 2.45) is 11.1 Å². The summed E-state index contributed by atoms with van der Waals surface area (Å²) in [5.41, 5.74) is 5.50. The Kier molecular flexibility index (Phi) is 13.0. The van der Waals surface area contributed by atoms with Gasteiger partial charge in [-0.25, -0.2) is 14.4 Å². The van der Waals surface area contributed by atoms with E-state index >= 15 is 0 Å². The second kappa shape index (κ2) is 16.4. The predicted molar refractivity (Wildman–Crippen MR) is 152 cm³/mol. The van der Waals surface area contributed by atoms with E-state index in [1.165, 1.54) is 24.3 Å². The predicted octanol–water partition coefficient (Wildman–Crippen LogP) is 3.04. The maximum Gasteiger partial charge on any atom is 0.513 e. The zero-order chi connectivity index (χ0) is 31.1. The number of anilines is 1. The number of benzene rings is 2. The summed E-state index contributed by atoms with van der Waals surface area (Å²) < 4.78 is 15.3. The van der Waals surface area contributed by atoms with Crippen molar-refractivity contribution < 1.29 is 38.3 Å². The lowest BCUT2D eigenvalue weighted by molar-refractivity contribution is -0.384. The van der Waals surface area contributed by atoms with E-state index in [1.807, 2.05) is 0 Å². The van der Waals surface area contributed by atoms with Gasteiger partial charge in [-0.15, -0.1) is 0 Å². The van der Waals surface area contributed by atoms with Crippen molar-refractivity contribution in [1.29, 1.82) is 0 Å². The van der Waals surface area contributed by atoms with Gasteiger partial charge in [0, 0.05) is 36.3 Å². The van der Waals surface area contributed by atoms with Crippen LogP contribution in [-0.4, -0.2) is 61.9 Å². The number of ether oxygens (including phenoxy) is 3. The number of hydrogen-bond donors (Lipinski definition) is 5. The molecule has 0 aliphatic rings. The zero-order valence-corrected chi connectivity index (χ0v) is 23.6. The van der Waals surface area contributed by atoms with E-state index in [-0.39, 0.29) is 37.1 Å². The monoisotopic (exact) mass is 588 g/mol. The Hall–Kier alpha value is -4.92. The lowest BCUT2D eigenvalue weighted by Crippen LogP contribution is -2.39. The van der Waals surface area contributed by atoms with Crippen LogP contribution in [-0.2, 0) is 20.9 Å². The summed E-state index contributed by atoms with van der Waals surface area (Å²) >= 11 is 0. The average molecular weight is 589 g/mol. The van der Waals surface area contributed by atoms with Crippen LogP contribution in [0, 0.1) is 15.5 Å². The second-order valence-corrected chi connectivity index (χ2v) is 9.95. The van der Waals surface area contributed by atoms with Gasteiger partial charge in [0.15, 0.2) is 0 Å². The fourth-order valence-electron chi connectivity index (χ4n) is 3.42. The third-order valence-corrected chi connectivity index (χ3v) is 5.77. The first-order chi connectivity index (χ1) is 19.9. The largest absolute Gasteiger partial charge is 0.513 e. The number of alkyl carbamates (subject to hydrolysis) is 1. The molecule has 0 saturated heterocycles. The quantitative estimate of drug-likeness (QED) is 0.0674. The Labute approximate surface area is 242 Å². The SMILES string of the molecule is CN[C@@H](CCCNC(N)=O)C(=O)Nc1ccc(COC(=O)NCC(C)(C)COC(=O)Oc2ccc([N+](=O)[O-])cc2)cc1. The molecule has 42 heavy (non-hydrogen) atoms. The summed E-state index contributed by atoms with van der Waals surface area (Å²) in [6.45, 7) is 3.93. The topological polar surface area (TPSA) is 213 Å². The van der Waals surface area contributed by atoms with E-state index in [1.54, 1.807) is 45.2 Å². The first-order valence-electron chi connectivity index (χ1n) is 13.0. The Morgan fingerprint density at radius 3 is 2.26 bits per heavy atom. The van der Waals surface area contributed by atoms with Crippen LogP contribution in [0.1, 0.15) is 32.3 Å². The highest BCUT2D eigenvalue weighted by Gasteiger charge is 2.23. The minimum Gasteiger partial charge on any atom is -0.445 e. The minimum absolute atomic E-state index is 0.00937. The first-order valence-corrected chi connectivity index (χ1v) is 13.0. The summed E-state index contributed by atoms with van der Waals surface area (Å²) in [6, 6.07) is 10.7. The molecule has 0 bridgehead atoms. The number of likely N-dealkylation sites (N-methyl/N-ethyl adjacent to an activating group) is 1. The van der Waals surface area contributed by atoms with Gasteiger partial charge in [-0.05, 0) is 49.7 Å². The number of non-ortho nitro benzene ring substituents is 1. The molecule has 15 heteroatoms. The van der Waals surface area contributed by atoms with Crippen molar-refractivity contribution in [2.75, 3.05) is 32.1 Å². The number of rotatable bonds is 15. The molecule has 0 aliphatic heterocycles. The second-order valence-electron chi connectivity index (χ2n) is 9.95. The Morgan fingerprint density at radius 1 is 1.00 bits per heavy atom. The van der Waals surface area contributed by atoms with Gasteiger partial charge in [0.1, 0.15) is 19.0 Å². The van der Waals surface area contributed by atoms with Gasteiger partial charge in [0.05, 0.1) is 11.0 Å². The molecule has 0 heterocycles. The van der Waals surface area contributed by atoms with Crippen molar-refractivity contribution in [3.05, 3.63) is 64.2 Å². The molecule has 0 fully saturated rings. The van der Waals surface area contributed by atoms with Crippen LogP contribution in [0.4, 0.5) is 25.8 Å². The number of nitrogens with zero attached hydrogens (tertiary/aromatic N) is 1. The molecule has 0 aromatic heterocycles. The lowest BCUT2D eigenvalue weighted by Gasteiger charge is -2.24. The molecule has 15 nitrogen and oxygen atoms in total. The van der Waals surface area contributed by atoms with Crippen molar-refractivity contribution in [3.8, 4) is 5.75 Å². The van der Waals surface area contributed by atoms with Gasteiger partial charge in [0.25, 0.3) is 5.69 Å². The molecule has 0 aliphatic carbocycles. The molecular weight excluding hydrogens is 552 g/mol. The Morgan fingerprint density at radius 2 is 1.67 bits per heavy atom. The molecule has 0 radical (unpaired) electrons. The van der Waals surface area contributed by atoms with Gasteiger partial charge < -0.3 is 41.2 Å². The van der Waals surface area contributed by atoms with Crippen LogP contribution < -0.4 is 31.7 Å². The van der Waals surface area contributed by atoms with E-state index in [0.717, 1.165) is 0 Å². The molecule has 2 aromatic carbocycles. The highest BCUT2D eigenvalue weighted by molar-refractivity contribution is 5.94. The molecule has 0 unspecified atom stereocenters. The number of amides is 4. The minimum atomic E-state index is -0.988. The number of hydrogen-bond acceptors (Lipinski definition) is 10. The first kappa shape index (κ1) is 33.3. The smallest absolute Gasteiger partial charge is 0.445 e. The van der Waals surface area contributed by atoms with Crippen LogP contribution in [0.5, 0.6) is 5.75 Å². The van der Waals surface area contributed by atoms with Crippen molar-refractivity contribution >= 4 is 35.6 Å². The Balaban J connectivity index is 1.70. The lowest BCUT2D eigenvalue weighted by atomic mass is 9.95. The maximum absolute atomic E-state index is 12.5. The number of urea groups is 1. The van der Waals surface area contributed by atoms with Gasteiger partial charge in [0.2, 0.25) is 5.91 Å². The fourth-order valence-corrected chi connectivity index (χ4v) is 3.42.